The molecule has 0 N–H and O–H groups in total. The van der Waals surface area contributed by atoms with Crippen molar-refractivity contribution in [1.29, 1.82) is 0 Å². The van der Waals surface area contributed by atoms with Gasteiger partial charge in [0.1, 0.15) is 12.8 Å². The van der Waals surface area contributed by atoms with Gasteiger partial charge in [0.15, 0.2) is 0 Å². The van der Waals surface area contributed by atoms with Crippen LogP contribution in [0.15, 0.2) is 0 Å². The van der Waals surface area contributed by atoms with Crippen LogP contribution in [0, 0.1) is 5.92 Å². The van der Waals surface area contributed by atoms with Gasteiger partial charge in [-0.1, -0.05) is 13.8 Å². The summed E-state index contributed by atoms with van der Waals surface area (Å²) in [6, 6.07) is 0. The van der Waals surface area contributed by atoms with E-state index in [9.17, 15) is 4.79 Å². The number of rotatable bonds is 4. The fourth-order valence-electron chi connectivity index (χ4n) is 1.68. The first kappa shape index (κ1) is 11.5. The maximum absolute atomic E-state index is 10.6. The Morgan fingerprint density at radius 3 is 2.93 bits per heavy atom. The van der Waals surface area contributed by atoms with Crippen LogP contribution in [-0.2, 0) is 14.3 Å². The van der Waals surface area contributed by atoms with Crippen LogP contribution in [0.25, 0.3) is 0 Å². The summed E-state index contributed by atoms with van der Waals surface area (Å²) in [5, 5.41) is 0. The highest BCUT2D eigenvalue weighted by molar-refractivity contribution is 5.65. The fraction of sp³-hybridized carbons (Fsp3) is 0.900. The van der Waals surface area contributed by atoms with Gasteiger partial charge in [-0.15, -0.1) is 0 Å². The largest absolute Gasteiger partial charge is 0.465 e. The summed E-state index contributed by atoms with van der Waals surface area (Å²) in [5.41, 5.74) is 0. The third-order valence-corrected chi connectivity index (χ3v) is 2.28. The zero-order chi connectivity index (χ0) is 10.6. The van der Waals surface area contributed by atoms with Crippen molar-refractivity contribution in [1.82, 2.24) is 4.90 Å². The van der Waals surface area contributed by atoms with Crippen molar-refractivity contribution in [3.8, 4) is 0 Å². The van der Waals surface area contributed by atoms with E-state index in [0.717, 1.165) is 19.7 Å². The van der Waals surface area contributed by atoms with Crippen LogP contribution in [0.3, 0.4) is 0 Å². The van der Waals surface area contributed by atoms with Gasteiger partial charge in [-0.3, -0.25) is 9.69 Å². The molecule has 0 aliphatic carbocycles. The highest BCUT2D eigenvalue weighted by atomic mass is 16.5. The Kier molecular flexibility index (Phi) is 4.35. The average Bonchev–Trinajstić information content (AvgIpc) is 2.51. The molecule has 0 bridgehead atoms. The lowest BCUT2D eigenvalue weighted by atomic mass is 10.2. The standard InChI is InChI=1S/C10H19NO3/c1-8(2)10-11(5-7-14-10)4-6-13-9(3)12/h8,10H,4-7H2,1-3H3. The summed E-state index contributed by atoms with van der Waals surface area (Å²) in [4.78, 5) is 12.8. The second kappa shape index (κ2) is 5.32. The normalized spacial score (nSPS) is 23.0. The molecule has 0 amide bonds. The maximum atomic E-state index is 10.6. The van der Waals surface area contributed by atoms with Gasteiger partial charge in [0.2, 0.25) is 0 Å². The third-order valence-electron chi connectivity index (χ3n) is 2.28. The van der Waals surface area contributed by atoms with E-state index in [1.807, 2.05) is 0 Å². The van der Waals surface area contributed by atoms with E-state index in [1.54, 1.807) is 0 Å². The second-order valence-electron chi connectivity index (χ2n) is 3.88. The first-order valence-electron chi connectivity index (χ1n) is 5.10. The zero-order valence-electron chi connectivity index (χ0n) is 9.16. The number of hydrogen-bond acceptors (Lipinski definition) is 4. The molecule has 1 saturated heterocycles. The number of hydrogen-bond donors (Lipinski definition) is 0. The number of ether oxygens (including phenoxy) is 2. The smallest absolute Gasteiger partial charge is 0.302 e. The molecular weight excluding hydrogens is 182 g/mol. The summed E-state index contributed by atoms with van der Waals surface area (Å²) < 4.78 is 10.5. The van der Waals surface area contributed by atoms with Crippen molar-refractivity contribution in [3.63, 3.8) is 0 Å². The SMILES string of the molecule is CC(=O)OCCN1CCOC1C(C)C. The van der Waals surface area contributed by atoms with Crippen LogP contribution in [0.4, 0.5) is 0 Å². The van der Waals surface area contributed by atoms with E-state index < -0.39 is 0 Å². The minimum atomic E-state index is -0.216. The van der Waals surface area contributed by atoms with E-state index in [0.29, 0.717) is 12.5 Å². The highest BCUT2D eigenvalue weighted by Crippen LogP contribution is 2.17. The fourth-order valence-corrected chi connectivity index (χ4v) is 1.68. The molecule has 1 fully saturated rings. The third kappa shape index (κ3) is 3.27. The molecule has 14 heavy (non-hydrogen) atoms. The van der Waals surface area contributed by atoms with Crippen molar-refractivity contribution in [2.75, 3.05) is 26.3 Å². The van der Waals surface area contributed by atoms with Crippen LogP contribution in [0.2, 0.25) is 0 Å². The summed E-state index contributed by atoms with van der Waals surface area (Å²) in [5.74, 6) is 0.265. The first-order valence-corrected chi connectivity index (χ1v) is 5.10. The summed E-state index contributed by atoms with van der Waals surface area (Å²) in [6.45, 7) is 8.64. The molecule has 0 aromatic rings. The van der Waals surface area contributed by atoms with E-state index in [-0.39, 0.29) is 12.2 Å². The zero-order valence-corrected chi connectivity index (χ0v) is 9.16. The molecule has 0 saturated carbocycles. The van der Waals surface area contributed by atoms with Gasteiger partial charge >= 0.3 is 5.97 Å². The Labute approximate surface area is 85.2 Å². The van der Waals surface area contributed by atoms with Crippen molar-refractivity contribution >= 4 is 5.97 Å². The summed E-state index contributed by atoms with van der Waals surface area (Å²) in [7, 11) is 0. The molecule has 1 atom stereocenters. The van der Waals surface area contributed by atoms with Crippen molar-refractivity contribution in [2.24, 2.45) is 5.92 Å². The highest BCUT2D eigenvalue weighted by Gasteiger charge is 2.27. The van der Waals surface area contributed by atoms with E-state index >= 15 is 0 Å². The van der Waals surface area contributed by atoms with Crippen molar-refractivity contribution < 1.29 is 14.3 Å². The van der Waals surface area contributed by atoms with Crippen LogP contribution in [-0.4, -0.2) is 43.4 Å². The van der Waals surface area contributed by atoms with E-state index in [1.165, 1.54) is 6.92 Å². The lowest BCUT2D eigenvalue weighted by molar-refractivity contribution is -0.141. The van der Waals surface area contributed by atoms with Crippen molar-refractivity contribution in [3.05, 3.63) is 0 Å². The molecule has 4 heteroatoms. The topological polar surface area (TPSA) is 38.8 Å². The molecule has 82 valence electrons. The molecule has 1 aliphatic rings. The van der Waals surface area contributed by atoms with Crippen LogP contribution >= 0.6 is 0 Å². The Morgan fingerprint density at radius 2 is 2.36 bits per heavy atom. The first-order chi connectivity index (χ1) is 6.61. The quantitative estimate of drug-likeness (QED) is 0.632. The maximum Gasteiger partial charge on any atom is 0.302 e. The Balaban J connectivity index is 2.25. The lowest BCUT2D eigenvalue weighted by Gasteiger charge is -2.25. The average molecular weight is 201 g/mol. The van der Waals surface area contributed by atoms with E-state index in [4.69, 9.17) is 9.47 Å². The number of esters is 1. The molecule has 1 aliphatic heterocycles. The van der Waals surface area contributed by atoms with Gasteiger partial charge in [-0.25, -0.2) is 0 Å². The van der Waals surface area contributed by atoms with Gasteiger partial charge < -0.3 is 9.47 Å². The van der Waals surface area contributed by atoms with Gasteiger partial charge in [-0.05, 0) is 5.92 Å². The van der Waals surface area contributed by atoms with Crippen molar-refractivity contribution in [2.45, 2.75) is 27.0 Å². The number of carbonyl (C=O) groups excluding carboxylic acids is 1. The number of carbonyl (C=O) groups is 1. The minimum Gasteiger partial charge on any atom is -0.465 e. The Morgan fingerprint density at radius 1 is 1.64 bits per heavy atom. The lowest BCUT2D eigenvalue weighted by Crippen LogP contribution is -2.36. The molecule has 0 spiro atoms. The molecule has 1 rings (SSSR count). The van der Waals surface area contributed by atoms with E-state index in [2.05, 4.69) is 18.7 Å². The minimum absolute atomic E-state index is 0.186. The molecule has 0 radical (unpaired) electrons. The van der Waals surface area contributed by atoms with Crippen LogP contribution in [0.1, 0.15) is 20.8 Å². The predicted molar refractivity (Wildman–Crippen MR) is 52.8 cm³/mol. The summed E-state index contributed by atoms with van der Waals surface area (Å²) >= 11 is 0. The number of nitrogens with zero attached hydrogens (tertiary/aromatic N) is 1. The summed E-state index contributed by atoms with van der Waals surface area (Å²) in [6.07, 6.45) is 0.186. The predicted octanol–water partition coefficient (Wildman–Crippen LogP) is 0.864. The molecule has 0 aromatic heterocycles. The molecule has 1 heterocycles. The van der Waals surface area contributed by atoms with Gasteiger partial charge in [0.05, 0.1) is 6.61 Å². The van der Waals surface area contributed by atoms with Crippen LogP contribution < -0.4 is 0 Å². The monoisotopic (exact) mass is 201 g/mol. The van der Waals surface area contributed by atoms with Crippen LogP contribution in [0.5, 0.6) is 0 Å². The Hall–Kier alpha value is -0.610. The molecule has 0 aromatic carbocycles. The Bertz CT molecular complexity index is 194. The van der Waals surface area contributed by atoms with Gasteiger partial charge in [-0.2, -0.15) is 0 Å². The molecule has 4 nitrogen and oxygen atoms in total. The molecule has 1 unspecified atom stereocenters. The van der Waals surface area contributed by atoms with Gasteiger partial charge in [0.25, 0.3) is 0 Å². The molecular formula is C10H19NO3. The second-order valence-corrected chi connectivity index (χ2v) is 3.88. The van der Waals surface area contributed by atoms with Gasteiger partial charge in [0, 0.05) is 20.0 Å².